The van der Waals surface area contributed by atoms with Gasteiger partial charge in [-0.1, -0.05) is 42.1 Å². The van der Waals surface area contributed by atoms with E-state index >= 15 is 0 Å². The van der Waals surface area contributed by atoms with Crippen molar-refractivity contribution in [2.75, 3.05) is 0 Å². The monoisotopic (exact) mass is 417 g/mol. The van der Waals surface area contributed by atoms with Crippen LogP contribution in [0, 0.1) is 0 Å². The minimum atomic E-state index is -0.136. The maximum absolute atomic E-state index is 12.4. The van der Waals surface area contributed by atoms with Gasteiger partial charge in [-0.05, 0) is 38.1 Å². The van der Waals surface area contributed by atoms with E-state index < -0.39 is 0 Å². The highest BCUT2D eigenvalue weighted by atomic mass is 32.2. The first-order chi connectivity index (χ1) is 14.6. The Labute approximate surface area is 176 Å². The third-order valence-electron chi connectivity index (χ3n) is 4.98. The molecule has 5 aromatic rings. The molecule has 0 saturated heterocycles. The number of aromatic nitrogens is 5. The highest BCUT2D eigenvalue weighted by Crippen LogP contribution is 2.35. The van der Waals surface area contributed by atoms with Crippen molar-refractivity contribution in [1.82, 2.24) is 24.7 Å². The van der Waals surface area contributed by atoms with Crippen LogP contribution in [-0.4, -0.2) is 24.7 Å². The summed E-state index contributed by atoms with van der Waals surface area (Å²) in [5.74, 6) is 1.98. The first-order valence-electron chi connectivity index (χ1n) is 9.72. The number of rotatable bonds is 5. The summed E-state index contributed by atoms with van der Waals surface area (Å²) in [5, 5.41) is 11.0. The van der Waals surface area contributed by atoms with Crippen molar-refractivity contribution in [3.05, 3.63) is 70.8 Å². The topological polar surface area (TPSA) is 89.6 Å². The Hall–Kier alpha value is -3.39. The lowest BCUT2D eigenvalue weighted by Crippen LogP contribution is -2.13. The van der Waals surface area contributed by atoms with E-state index in [1.807, 2.05) is 66.9 Å². The van der Waals surface area contributed by atoms with Gasteiger partial charge in [0.15, 0.2) is 10.9 Å². The van der Waals surface area contributed by atoms with Gasteiger partial charge in [-0.25, -0.2) is 4.98 Å². The summed E-state index contributed by atoms with van der Waals surface area (Å²) in [7, 11) is 0. The zero-order chi connectivity index (χ0) is 20.7. The number of benzene rings is 2. The SMILES string of the molecule is CCn1c(SC(C)c2nc3ccccc3c(=O)[nH]2)nnc1-c1cc2ccccc2o1. The lowest BCUT2D eigenvalue weighted by atomic mass is 10.2. The van der Waals surface area contributed by atoms with Crippen LogP contribution in [0.15, 0.2) is 69.0 Å². The van der Waals surface area contributed by atoms with E-state index in [9.17, 15) is 4.79 Å². The smallest absolute Gasteiger partial charge is 0.258 e. The molecular weight excluding hydrogens is 398 g/mol. The number of H-pyrrole nitrogens is 1. The predicted octanol–water partition coefficient (Wildman–Crippen LogP) is 4.80. The molecule has 30 heavy (non-hydrogen) atoms. The molecule has 1 atom stereocenters. The number of hydrogen-bond acceptors (Lipinski definition) is 6. The summed E-state index contributed by atoms with van der Waals surface area (Å²) in [5.41, 5.74) is 1.37. The predicted molar refractivity (Wildman–Crippen MR) is 118 cm³/mol. The second-order valence-corrected chi connectivity index (χ2v) is 8.24. The van der Waals surface area contributed by atoms with Crippen LogP contribution in [0.1, 0.15) is 24.9 Å². The highest BCUT2D eigenvalue weighted by molar-refractivity contribution is 7.99. The highest BCUT2D eigenvalue weighted by Gasteiger charge is 2.20. The van der Waals surface area contributed by atoms with Crippen LogP contribution in [0.2, 0.25) is 0 Å². The molecule has 5 rings (SSSR count). The number of furan rings is 1. The van der Waals surface area contributed by atoms with Crippen LogP contribution >= 0.6 is 11.8 Å². The van der Waals surface area contributed by atoms with Crippen LogP contribution in [0.25, 0.3) is 33.5 Å². The minimum Gasteiger partial charge on any atom is -0.453 e. The fraction of sp³-hybridized carbons (Fsp3) is 0.182. The van der Waals surface area contributed by atoms with E-state index in [4.69, 9.17) is 4.42 Å². The van der Waals surface area contributed by atoms with Gasteiger partial charge in [0.25, 0.3) is 5.56 Å². The molecule has 8 heteroatoms. The average molecular weight is 417 g/mol. The normalized spacial score (nSPS) is 12.6. The van der Waals surface area contributed by atoms with Crippen molar-refractivity contribution in [1.29, 1.82) is 0 Å². The first-order valence-corrected chi connectivity index (χ1v) is 10.6. The van der Waals surface area contributed by atoms with Crippen molar-refractivity contribution in [2.45, 2.75) is 30.8 Å². The molecule has 1 unspecified atom stereocenters. The van der Waals surface area contributed by atoms with Gasteiger partial charge in [0.2, 0.25) is 5.82 Å². The molecule has 7 nitrogen and oxygen atoms in total. The second-order valence-electron chi connectivity index (χ2n) is 6.93. The second kappa shape index (κ2) is 7.46. The molecule has 0 saturated carbocycles. The van der Waals surface area contributed by atoms with Gasteiger partial charge in [0.1, 0.15) is 11.4 Å². The van der Waals surface area contributed by atoms with E-state index in [1.165, 1.54) is 11.8 Å². The molecule has 0 spiro atoms. The molecule has 0 radical (unpaired) electrons. The van der Waals surface area contributed by atoms with E-state index in [0.717, 1.165) is 16.1 Å². The summed E-state index contributed by atoms with van der Waals surface area (Å²) < 4.78 is 7.98. The van der Waals surface area contributed by atoms with Gasteiger partial charge in [0, 0.05) is 11.9 Å². The molecule has 0 aliphatic heterocycles. The quantitative estimate of drug-likeness (QED) is 0.413. The molecule has 3 aromatic heterocycles. The van der Waals surface area contributed by atoms with Crippen molar-refractivity contribution in [3.8, 4) is 11.6 Å². The maximum atomic E-state index is 12.4. The Morgan fingerprint density at radius 3 is 2.77 bits per heavy atom. The fourth-order valence-corrected chi connectivity index (χ4v) is 4.42. The van der Waals surface area contributed by atoms with E-state index in [-0.39, 0.29) is 10.8 Å². The van der Waals surface area contributed by atoms with Crippen molar-refractivity contribution >= 4 is 33.6 Å². The number of aromatic amines is 1. The van der Waals surface area contributed by atoms with Crippen molar-refractivity contribution in [3.63, 3.8) is 0 Å². The number of nitrogens with one attached hydrogen (secondary N) is 1. The number of fused-ring (bicyclic) bond motifs is 2. The van der Waals surface area contributed by atoms with Crippen LogP contribution in [0.3, 0.4) is 0 Å². The third kappa shape index (κ3) is 3.19. The Kier molecular flexibility index (Phi) is 4.63. The van der Waals surface area contributed by atoms with Crippen molar-refractivity contribution < 1.29 is 4.42 Å². The lowest BCUT2D eigenvalue weighted by molar-refractivity contribution is 0.607. The molecule has 0 aliphatic rings. The number of hydrogen-bond donors (Lipinski definition) is 1. The molecule has 2 aromatic carbocycles. The van der Waals surface area contributed by atoms with Gasteiger partial charge < -0.3 is 9.40 Å². The van der Waals surface area contributed by atoms with Crippen LogP contribution in [0.5, 0.6) is 0 Å². The van der Waals surface area contributed by atoms with Crippen LogP contribution in [0.4, 0.5) is 0 Å². The van der Waals surface area contributed by atoms with Gasteiger partial charge in [0.05, 0.1) is 16.2 Å². The Bertz CT molecular complexity index is 1390. The molecule has 0 fully saturated rings. The molecule has 0 bridgehead atoms. The molecule has 150 valence electrons. The van der Waals surface area contributed by atoms with Gasteiger partial charge in [-0.15, -0.1) is 10.2 Å². The summed E-state index contributed by atoms with van der Waals surface area (Å²) in [4.78, 5) is 19.9. The standard InChI is InChI=1S/C22H19N5O2S/c1-3-27-20(18-12-14-8-4-7-11-17(14)29-18)25-26-22(27)30-13(2)19-23-16-10-6-5-9-15(16)21(28)24-19/h4-13H,3H2,1-2H3,(H,23,24,28). The van der Waals surface area contributed by atoms with Crippen LogP contribution < -0.4 is 5.56 Å². The maximum Gasteiger partial charge on any atom is 0.258 e. The molecule has 3 heterocycles. The molecular formula is C22H19N5O2S. The summed E-state index contributed by atoms with van der Waals surface area (Å²) >= 11 is 1.50. The van der Waals surface area contributed by atoms with Gasteiger partial charge in [-0.2, -0.15) is 0 Å². The molecule has 0 amide bonds. The van der Waals surface area contributed by atoms with E-state index in [1.54, 1.807) is 6.07 Å². The minimum absolute atomic E-state index is 0.111. The molecule has 0 aliphatic carbocycles. The van der Waals surface area contributed by atoms with E-state index in [2.05, 4.69) is 20.2 Å². The third-order valence-corrected chi connectivity index (χ3v) is 6.07. The zero-order valence-corrected chi connectivity index (χ0v) is 17.3. The van der Waals surface area contributed by atoms with Gasteiger partial charge in [-0.3, -0.25) is 9.36 Å². The first kappa shape index (κ1) is 18.6. The fourth-order valence-electron chi connectivity index (χ4n) is 3.45. The largest absolute Gasteiger partial charge is 0.453 e. The zero-order valence-electron chi connectivity index (χ0n) is 16.5. The summed E-state index contributed by atoms with van der Waals surface area (Å²) in [6, 6.07) is 17.2. The van der Waals surface area contributed by atoms with Gasteiger partial charge >= 0.3 is 0 Å². The number of nitrogens with zero attached hydrogens (tertiary/aromatic N) is 4. The molecule has 1 N–H and O–H groups in total. The number of thioether (sulfide) groups is 1. The Morgan fingerprint density at radius 2 is 1.93 bits per heavy atom. The average Bonchev–Trinajstić information content (AvgIpc) is 3.37. The summed E-state index contributed by atoms with van der Waals surface area (Å²) in [6.07, 6.45) is 0. The summed E-state index contributed by atoms with van der Waals surface area (Å²) in [6.45, 7) is 4.73. The Balaban J connectivity index is 1.48. The van der Waals surface area contributed by atoms with Crippen molar-refractivity contribution in [2.24, 2.45) is 0 Å². The Morgan fingerprint density at radius 1 is 1.13 bits per heavy atom. The number of para-hydroxylation sites is 2. The van der Waals surface area contributed by atoms with Crippen LogP contribution in [-0.2, 0) is 6.54 Å². The lowest BCUT2D eigenvalue weighted by Gasteiger charge is -2.12. The van der Waals surface area contributed by atoms with E-state index in [0.29, 0.717) is 34.9 Å².